The fourth-order valence-corrected chi connectivity index (χ4v) is 2.40. The van der Waals surface area contributed by atoms with Crippen LogP contribution in [-0.2, 0) is 18.2 Å². The summed E-state index contributed by atoms with van der Waals surface area (Å²) >= 11 is 0. The predicted molar refractivity (Wildman–Crippen MR) is 67.9 cm³/mol. The zero-order valence-electron chi connectivity index (χ0n) is 10.9. The van der Waals surface area contributed by atoms with Crippen molar-refractivity contribution in [3.63, 3.8) is 0 Å². The molecule has 0 aliphatic carbocycles. The van der Waals surface area contributed by atoms with Crippen LogP contribution in [-0.4, -0.2) is 35.4 Å². The zero-order valence-corrected chi connectivity index (χ0v) is 10.9. The maximum absolute atomic E-state index is 5.50. The molecule has 1 saturated heterocycles. The van der Waals surface area contributed by atoms with Gasteiger partial charge in [-0.25, -0.2) is 4.98 Å². The van der Waals surface area contributed by atoms with E-state index in [-0.39, 0.29) is 0 Å². The second-order valence-electron chi connectivity index (χ2n) is 4.84. The van der Waals surface area contributed by atoms with Crippen LogP contribution in [0.4, 0.5) is 0 Å². The zero-order chi connectivity index (χ0) is 12.1. The number of hydrogen-bond donors (Lipinski definition) is 1. The minimum absolute atomic E-state index is 0.499. The molecule has 1 aliphatic heterocycles. The third kappa shape index (κ3) is 3.30. The summed E-state index contributed by atoms with van der Waals surface area (Å²) in [5.41, 5.74) is 0. The number of ether oxygens (including phenoxy) is 1. The van der Waals surface area contributed by atoms with Gasteiger partial charge in [0.25, 0.3) is 0 Å². The molecule has 2 unspecified atom stereocenters. The summed E-state index contributed by atoms with van der Waals surface area (Å²) in [5.74, 6) is 1.80. The van der Waals surface area contributed by atoms with Gasteiger partial charge in [-0.1, -0.05) is 6.92 Å². The Morgan fingerprint density at radius 3 is 3.12 bits per heavy atom. The summed E-state index contributed by atoms with van der Waals surface area (Å²) < 4.78 is 7.61. The van der Waals surface area contributed by atoms with Crippen molar-refractivity contribution in [3.8, 4) is 0 Å². The Kier molecular flexibility index (Phi) is 4.57. The van der Waals surface area contributed by atoms with E-state index < -0.39 is 0 Å². The molecule has 0 aromatic carbocycles. The Labute approximate surface area is 103 Å². The van der Waals surface area contributed by atoms with Gasteiger partial charge in [-0.2, -0.15) is 0 Å². The molecule has 2 rings (SSSR count). The Hall–Kier alpha value is -0.870. The molecule has 1 aliphatic rings. The lowest BCUT2D eigenvalue weighted by molar-refractivity contribution is 0.176. The van der Waals surface area contributed by atoms with Gasteiger partial charge in [-0.15, -0.1) is 0 Å². The van der Waals surface area contributed by atoms with Crippen molar-refractivity contribution in [1.82, 2.24) is 14.9 Å². The highest BCUT2D eigenvalue weighted by Gasteiger charge is 2.26. The van der Waals surface area contributed by atoms with E-state index in [4.69, 9.17) is 4.74 Å². The fourth-order valence-electron chi connectivity index (χ4n) is 2.40. The van der Waals surface area contributed by atoms with Crippen LogP contribution in [0.1, 0.15) is 25.6 Å². The molecule has 17 heavy (non-hydrogen) atoms. The molecule has 0 bridgehead atoms. The van der Waals surface area contributed by atoms with E-state index in [1.165, 1.54) is 12.8 Å². The lowest BCUT2D eigenvalue weighted by Gasteiger charge is -2.23. The molecular formula is C13H23N3O. The molecule has 1 N–H and O–H groups in total. The SMILES string of the molecule is CCCNC(Cc1nccn1C)C1CCOC1. The summed E-state index contributed by atoms with van der Waals surface area (Å²) in [4.78, 5) is 4.42. The molecular weight excluding hydrogens is 214 g/mol. The van der Waals surface area contributed by atoms with Gasteiger partial charge in [-0.05, 0) is 19.4 Å². The van der Waals surface area contributed by atoms with Crippen LogP contribution in [0.3, 0.4) is 0 Å². The smallest absolute Gasteiger partial charge is 0.109 e. The van der Waals surface area contributed by atoms with Gasteiger partial charge >= 0.3 is 0 Å². The van der Waals surface area contributed by atoms with Crippen LogP contribution in [0.25, 0.3) is 0 Å². The number of aryl methyl sites for hydroxylation is 1. The van der Waals surface area contributed by atoms with Crippen molar-refractivity contribution >= 4 is 0 Å². The average molecular weight is 237 g/mol. The highest BCUT2D eigenvalue weighted by molar-refractivity contribution is 4.96. The van der Waals surface area contributed by atoms with E-state index in [0.29, 0.717) is 12.0 Å². The number of hydrogen-bond acceptors (Lipinski definition) is 3. The average Bonchev–Trinajstić information content (AvgIpc) is 2.96. The lowest BCUT2D eigenvalue weighted by atomic mass is 9.95. The van der Waals surface area contributed by atoms with E-state index in [2.05, 4.69) is 28.8 Å². The first kappa shape index (κ1) is 12.6. The van der Waals surface area contributed by atoms with Crippen molar-refractivity contribution in [1.29, 1.82) is 0 Å². The molecule has 96 valence electrons. The van der Waals surface area contributed by atoms with Gasteiger partial charge in [0.1, 0.15) is 5.82 Å². The van der Waals surface area contributed by atoms with Crippen molar-refractivity contribution < 1.29 is 4.74 Å². The Balaban J connectivity index is 1.97. The molecule has 1 aromatic heterocycles. The Bertz CT molecular complexity index is 331. The maximum atomic E-state index is 5.50. The molecule has 2 heterocycles. The third-order valence-corrected chi connectivity index (χ3v) is 3.51. The third-order valence-electron chi connectivity index (χ3n) is 3.51. The van der Waals surface area contributed by atoms with Crippen molar-refractivity contribution in [3.05, 3.63) is 18.2 Å². The van der Waals surface area contributed by atoms with E-state index in [0.717, 1.165) is 32.0 Å². The largest absolute Gasteiger partial charge is 0.381 e. The lowest BCUT2D eigenvalue weighted by Crippen LogP contribution is -2.39. The van der Waals surface area contributed by atoms with Crippen LogP contribution in [0.5, 0.6) is 0 Å². The van der Waals surface area contributed by atoms with Crippen LogP contribution in [0.2, 0.25) is 0 Å². The quantitative estimate of drug-likeness (QED) is 0.812. The summed E-state index contributed by atoms with van der Waals surface area (Å²) in [5, 5.41) is 3.64. The summed E-state index contributed by atoms with van der Waals surface area (Å²) in [7, 11) is 2.06. The molecule has 0 saturated carbocycles. The van der Waals surface area contributed by atoms with Gasteiger partial charge < -0.3 is 14.6 Å². The van der Waals surface area contributed by atoms with E-state index >= 15 is 0 Å². The Morgan fingerprint density at radius 1 is 1.65 bits per heavy atom. The van der Waals surface area contributed by atoms with E-state index in [1.807, 2.05) is 12.4 Å². The fraction of sp³-hybridized carbons (Fsp3) is 0.769. The number of rotatable bonds is 6. The first-order valence-electron chi connectivity index (χ1n) is 6.58. The topological polar surface area (TPSA) is 39.1 Å². The van der Waals surface area contributed by atoms with Gasteiger partial charge in [-0.3, -0.25) is 0 Å². The first-order valence-corrected chi connectivity index (χ1v) is 6.58. The molecule has 0 radical (unpaired) electrons. The number of imidazole rings is 1. The van der Waals surface area contributed by atoms with Crippen LogP contribution < -0.4 is 5.32 Å². The minimum Gasteiger partial charge on any atom is -0.381 e. The second-order valence-corrected chi connectivity index (χ2v) is 4.84. The molecule has 0 spiro atoms. The van der Waals surface area contributed by atoms with Crippen LogP contribution >= 0.6 is 0 Å². The van der Waals surface area contributed by atoms with Crippen molar-refractivity contribution in [2.45, 2.75) is 32.2 Å². The summed E-state index contributed by atoms with van der Waals surface area (Å²) in [6.45, 7) is 5.09. The first-order chi connectivity index (χ1) is 8.31. The standard InChI is InChI=1S/C13H23N3O/c1-3-5-14-12(11-4-8-17-10-11)9-13-15-6-7-16(13)2/h6-7,11-12,14H,3-5,8-10H2,1-2H3. The summed E-state index contributed by atoms with van der Waals surface area (Å²) in [6.07, 6.45) is 7.22. The molecule has 4 nitrogen and oxygen atoms in total. The van der Waals surface area contributed by atoms with Gasteiger partial charge in [0.2, 0.25) is 0 Å². The monoisotopic (exact) mass is 237 g/mol. The van der Waals surface area contributed by atoms with Gasteiger partial charge in [0.05, 0.1) is 6.61 Å². The predicted octanol–water partition coefficient (Wildman–Crippen LogP) is 1.37. The maximum Gasteiger partial charge on any atom is 0.109 e. The molecule has 1 fully saturated rings. The summed E-state index contributed by atoms with van der Waals surface area (Å²) in [6, 6.07) is 0.499. The van der Waals surface area contributed by atoms with Crippen molar-refractivity contribution in [2.24, 2.45) is 13.0 Å². The highest BCUT2D eigenvalue weighted by Crippen LogP contribution is 2.19. The molecule has 4 heteroatoms. The normalized spacial score (nSPS) is 21.9. The molecule has 2 atom stereocenters. The Morgan fingerprint density at radius 2 is 2.53 bits per heavy atom. The molecule has 0 amide bonds. The van der Waals surface area contributed by atoms with Gasteiger partial charge in [0.15, 0.2) is 0 Å². The number of nitrogens with one attached hydrogen (secondary N) is 1. The number of aromatic nitrogens is 2. The van der Waals surface area contributed by atoms with Crippen LogP contribution in [0, 0.1) is 5.92 Å². The number of nitrogens with zero attached hydrogens (tertiary/aromatic N) is 2. The highest BCUT2D eigenvalue weighted by atomic mass is 16.5. The second kappa shape index (κ2) is 6.17. The molecule has 1 aromatic rings. The van der Waals surface area contributed by atoms with E-state index in [1.54, 1.807) is 0 Å². The van der Waals surface area contributed by atoms with Crippen molar-refractivity contribution in [2.75, 3.05) is 19.8 Å². The van der Waals surface area contributed by atoms with E-state index in [9.17, 15) is 0 Å². The minimum atomic E-state index is 0.499. The van der Waals surface area contributed by atoms with Crippen LogP contribution in [0.15, 0.2) is 12.4 Å². The van der Waals surface area contributed by atoms with Gasteiger partial charge in [0, 0.05) is 44.4 Å².